The van der Waals surface area contributed by atoms with Gasteiger partial charge in [-0.3, -0.25) is 4.79 Å². The van der Waals surface area contributed by atoms with E-state index in [9.17, 15) is 15.0 Å². The fourth-order valence-corrected chi connectivity index (χ4v) is 3.73. The van der Waals surface area contributed by atoms with Gasteiger partial charge in [0, 0.05) is 31.0 Å². The average molecular weight is 330 g/mol. The van der Waals surface area contributed by atoms with E-state index < -0.39 is 0 Å². The van der Waals surface area contributed by atoms with Crippen molar-refractivity contribution >= 4 is 29.1 Å². The largest absolute Gasteiger partial charge is 0.508 e. The molecule has 6 heteroatoms. The molecular weight excluding hydrogens is 313 g/mol. The Bertz CT molecular complexity index is 572. The SMILES string of the molecule is O=C1C[C@@H](c2c(O)ccc(Cl)c2Cl)CN1CC1CC(O)C1. The van der Waals surface area contributed by atoms with Crippen molar-refractivity contribution in [2.75, 3.05) is 13.1 Å². The molecule has 1 saturated heterocycles. The highest BCUT2D eigenvalue weighted by atomic mass is 35.5. The van der Waals surface area contributed by atoms with Gasteiger partial charge in [0.25, 0.3) is 0 Å². The quantitative estimate of drug-likeness (QED) is 0.896. The second-order valence-corrected chi connectivity index (χ2v) is 6.77. The predicted molar refractivity (Wildman–Crippen MR) is 80.8 cm³/mol. The zero-order valence-electron chi connectivity index (χ0n) is 11.4. The van der Waals surface area contributed by atoms with Crippen molar-refractivity contribution in [1.82, 2.24) is 4.90 Å². The molecule has 2 N–H and O–H groups in total. The number of hydrogen-bond acceptors (Lipinski definition) is 3. The first-order valence-electron chi connectivity index (χ1n) is 7.08. The molecule has 3 rings (SSSR count). The van der Waals surface area contributed by atoms with Crippen molar-refractivity contribution in [2.45, 2.75) is 31.3 Å². The molecule has 114 valence electrons. The molecule has 0 bridgehead atoms. The third-order valence-electron chi connectivity index (χ3n) is 4.42. The number of nitrogens with zero attached hydrogens (tertiary/aromatic N) is 1. The van der Waals surface area contributed by atoms with Crippen LogP contribution in [-0.4, -0.2) is 40.2 Å². The first-order valence-corrected chi connectivity index (χ1v) is 7.84. The lowest BCUT2D eigenvalue weighted by atomic mass is 9.82. The summed E-state index contributed by atoms with van der Waals surface area (Å²) in [5.41, 5.74) is 0.564. The van der Waals surface area contributed by atoms with Gasteiger partial charge in [-0.2, -0.15) is 0 Å². The molecule has 2 aliphatic rings. The number of likely N-dealkylation sites (tertiary alicyclic amines) is 1. The van der Waals surface area contributed by atoms with Gasteiger partial charge in [0.05, 0.1) is 16.1 Å². The van der Waals surface area contributed by atoms with Crippen molar-refractivity contribution in [2.24, 2.45) is 5.92 Å². The van der Waals surface area contributed by atoms with Crippen molar-refractivity contribution in [3.8, 4) is 5.75 Å². The molecule has 1 aliphatic heterocycles. The normalized spacial score (nSPS) is 28.8. The summed E-state index contributed by atoms with van der Waals surface area (Å²) in [6, 6.07) is 3.06. The van der Waals surface area contributed by atoms with Gasteiger partial charge in [0.15, 0.2) is 0 Å². The van der Waals surface area contributed by atoms with Gasteiger partial charge in [-0.15, -0.1) is 0 Å². The number of phenolic OH excluding ortho intramolecular Hbond substituents is 1. The molecule has 0 radical (unpaired) electrons. The van der Waals surface area contributed by atoms with Gasteiger partial charge in [-0.25, -0.2) is 0 Å². The van der Waals surface area contributed by atoms with Gasteiger partial charge >= 0.3 is 0 Å². The van der Waals surface area contributed by atoms with E-state index in [0.717, 1.165) is 12.8 Å². The number of rotatable bonds is 3. The van der Waals surface area contributed by atoms with Gasteiger partial charge in [-0.1, -0.05) is 23.2 Å². The molecule has 4 nitrogen and oxygen atoms in total. The van der Waals surface area contributed by atoms with Crippen LogP contribution in [0.1, 0.15) is 30.7 Å². The molecule has 1 aromatic rings. The number of benzene rings is 1. The summed E-state index contributed by atoms with van der Waals surface area (Å²) >= 11 is 12.2. The average Bonchev–Trinajstić information content (AvgIpc) is 2.74. The van der Waals surface area contributed by atoms with Crippen LogP contribution < -0.4 is 0 Å². The van der Waals surface area contributed by atoms with E-state index in [0.29, 0.717) is 41.0 Å². The monoisotopic (exact) mass is 329 g/mol. The summed E-state index contributed by atoms with van der Waals surface area (Å²) in [5.74, 6) is 0.403. The van der Waals surface area contributed by atoms with Crippen molar-refractivity contribution < 1.29 is 15.0 Å². The Labute approximate surface area is 133 Å². The summed E-state index contributed by atoms with van der Waals surface area (Å²) in [6.45, 7) is 1.21. The minimum Gasteiger partial charge on any atom is -0.508 e. The number of aliphatic hydroxyl groups is 1. The number of aliphatic hydroxyl groups excluding tert-OH is 1. The first-order chi connectivity index (χ1) is 9.95. The molecule has 0 aromatic heterocycles. The summed E-state index contributed by atoms with van der Waals surface area (Å²) in [5, 5.41) is 20.1. The maximum absolute atomic E-state index is 12.1. The van der Waals surface area contributed by atoms with E-state index in [4.69, 9.17) is 23.2 Å². The molecule has 0 spiro atoms. The lowest BCUT2D eigenvalue weighted by Gasteiger charge is -2.34. The Morgan fingerprint density at radius 1 is 1.29 bits per heavy atom. The summed E-state index contributed by atoms with van der Waals surface area (Å²) in [6.07, 6.45) is 1.65. The van der Waals surface area contributed by atoms with Crippen LogP contribution in [0.15, 0.2) is 12.1 Å². The maximum Gasteiger partial charge on any atom is 0.223 e. The van der Waals surface area contributed by atoms with Crippen molar-refractivity contribution in [3.05, 3.63) is 27.7 Å². The molecule has 21 heavy (non-hydrogen) atoms. The number of carbonyl (C=O) groups excluding carboxylic acids is 1. The van der Waals surface area contributed by atoms with Crippen molar-refractivity contribution in [1.29, 1.82) is 0 Å². The smallest absolute Gasteiger partial charge is 0.223 e. The standard InChI is InChI=1S/C15H17Cl2NO3/c16-11-1-2-12(20)14(15(11)17)9-5-13(21)18(7-9)6-8-3-10(19)4-8/h1-2,8-10,19-20H,3-7H2/t8?,9-,10?/m1/s1. The topological polar surface area (TPSA) is 60.8 Å². The van der Waals surface area contributed by atoms with Crippen LogP contribution in [0, 0.1) is 5.92 Å². The number of halogens is 2. The van der Waals surface area contributed by atoms with Crippen LogP contribution in [0.25, 0.3) is 0 Å². The van der Waals surface area contributed by atoms with E-state index in [2.05, 4.69) is 0 Å². The first kappa shape index (κ1) is 14.9. The van der Waals surface area contributed by atoms with E-state index in [1.54, 1.807) is 11.0 Å². The van der Waals surface area contributed by atoms with Crippen LogP contribution in [0.2, 0.25) is 10.0 Å². The van der Waals surface area contributed by atoms with Crippen LogP contribution in [0.5, 0.6) is 5.75 Å². The van der Waals surface area contributed by atoms with Gasteiger partial charge in [0.1, 0.15) is 5.75 Å². The third kappa shape index (κ3) is 2.85. The Morgan fingerprint density at radius 3 is 2.67 bits per heavy atom. The number of hydrogen-bond donors (Lipinski definition) is 2. The maximum atomic E-state index is 12.1. The minimum absolute atomic E-state index is 0.0665. The summed E-state index contributed by atoms with van der Waals surface area (Å²) in [4.78, 5) is 13.9. The summed E-state index contributed by atoms with van der Waals surface area (Å²) < 4.78 is 0. The van der Waals surface area contributed by atoms with Gasteiger partial charge in [0.2, 0.25) is 5.91 Å². The number of amides is 1. The Hall–Kier alpha value is -0.970. The molecule has 1 saturated carbocycles. The highest BCUT2D eigenvalue weighted by molar-refractivity contribution is 6.42. The molecule has 1 amide bonds. The van der Waals surface area contributed by atoms with Crippen LogP contribution >= 0.6 is 23.2 Å². The van der Waals surface area contributed by atoms with E-state index in [1.165, 1.54) is 6.07 Å². The number of carbonyl (C=O) groups is 1. The Morgan fingerprint density at radius 2 is 2.00 bits per heavy atom. The fraction of sp³-hybridized carbons (Fsp3) is 0.533. The molecular formula is C15H17Cl2NO3. The van der Waals surface area contributed by atoms with E-state index in [1.807, 2.05) is 0 Å². The second-order valence-electron chi connectivity index (χ2n) is 5.99. The van der Waals surface area contributed by atoms with Gasteiger partial charge in [-0.05, 0) is 30.9 Å². The highest BCUT2D eigenvalue weighted by Crippen LogP contribution is 2.42. The lowest BCUT2D eigenvalue weighted by molar-refractivity contribution is -0.129. The molecule has 1 aliphatic carbocycles. The van der Waals surface area contributed by atoms with Crippen molar-refractivity contribution in [3.63, 3.8) is 0 Å². The number of aromatic hydroxyl groups is 1. The minimum atomic E-state index is -0.213. The number of phenols is 1. The third-order valence-corrected chi connectivity index (χ3v) is 5.24. The lowest BCUT2D eigenvalue weighted by Crippen LogP contribution is -2.39. The molecule has 1 atom stereocenters. The highest BCUT2D eigenvalue weighted by Gasteiger charge is 2.37. The molecule has 2 fully saturated rings. The predicted octanol–water partition coefficient (Wildman–Crippen LogP) is 2.79. The second kappa shape index (κ2) is 5.67. The van der Waals surface area contributed by atoms with E-state index in [-0.39, 0.29) is 23.7 Å². The van der Waals surface area contributed by atoms with Gasteiger partial charge < -0.3 is 15.1 Å². The zero-order valence-corrected chi connectivity index (χ0v) is 12.9. The zero-order chi connectivity index (χ0) is 15.1. The Kier molecular flexibility index (Phi) is 4.04. The van der Waals surface area contributed by atoms with Crippen LogP contribution in [0.3, 0.4) is 0 Å². The van der Waals surface area contributed by atoms with E-state index >= 15 is 0 Å². The molecule has 0 unspecified atom stereocenters. The molecule has 1 heterocycles. The van der Waals surface area contributed by atoms with Crippen LogP contribution in [-0.2, 0) is 4.79 Å². The molecule has 1 aromatic carbocycles. The van der Waals surface area contributed by atoms with Crippen LogP contribution in [0.4, 0.5) is 0 Å². The fourth-order valence-electron chi connectivity index (χ4n) is 3.25. The Balaban J connectivity index is 1.74. The summed E-state index contributed by atoms with van der Waals surface area (Å²) in [7, 11) is 0.